The lowest BCUT2D eigenvalue weighted by Crippen LogP contribution is -2.25. The predicted molar refractivity (Wildman–Crippen MR) is 262 cm³/mol. The summed E-state index contributed by atoms with van der Waals surface area (Å²) in [4.78, 5) is 2.38. The average Bonchev–Trinajstić information content (AvgIpc) is 3.93. The van der Waals surface area contributed by atoms with Crippen LogP contribution in [0.4, 0.5) is 17.1 Å². The minimum Gasteiger partial charge on any atom is -0.310 e. The Balaban J connectivity index is 0.979. The molecule has 10 aromatic rings. The zero-order chi connectivity index (χ0) is 41.4. The standard InChI is InChI=1S/C60H42N2/c1-3-54-53(50-23-11-15-27-57(50)60(54)55-25-13-9-21-48(55)49-22-10-14-26-56(49)60)37-40(2)41-29-32-45(33-30-41)61(46-34-31-42-17-7-8-18-43(42)38-46)47-35-36-52-51-24-12-16-28-58(51)62(59(52)39-47)44-19-5-4-6-20-44/h3-39H,2H2,1H3/b53-37-,54-3+. The molecule has 0 radical (unpaired) electrons. The van der Waals surface area contributed by atoms with Crippen LogP contribution in [0.2, 0.25) is 0 Å². The summed E-state index contributed by atoms with van der Waals surface area (Å²) in [5.74, 6) is 0. The summed E-state index contributed by atoms with van der Waals surface area (Å²) in [7, 11) is 0. The van der Waals surface area contributed by atoms with Gasteiger partial charge in [0.15, 0.2) is 0 Å². The normalized spacial score (nSPS) is 14.8. The van der Waals surface area contributed by atoms with Crippen LogP contribution in [0.3, 0.4) is 0 Å². The molecule has 0 saturated heterocycles. The summed E-state index contributed by atoms with van der Waals surface area (Å²) >= 11 is 0. The third kappa shape index (κ3) is 5.23. The monoisotopic (exact) mass is 790 g/mol. The lowest BCUT2D eigenvalue weighted by Gasteiger charge is -2.30. The third-order valence-electron chi connectivity index (χ3n) is 13.3. The Morgan fingerprint density at radius 2 is 1.03 bits per heavy atom. The van der Waals surface area contributed by atoms with Crippen LogP contribution in [-0.2, 0) is 5.41 Å². The lowest BCUT2D eigenvalue weighted by atomic mass is 9.70. The van der Waals surface area contributed by atoms with Crippen LogP contribution in [0.5, 0.6) is 0 Å². The topological polar surface area (TPSA) is 8.17 Å². The molecule has 0 aliphatic heterocycles. The highest BCUT2D eigenvalue weighted by Gasteiger charge is 2.52. The van der Waals surface area contributed by atoms with Crippen LogP contribution >= 0.6 is 0 Å². The summed E-state index contributed by atoms with van der Waals surface area (Å²) in [6.45, 7) is 6.92. The zero-order valence-corrected chi connectivity index (χ0v) is 34.5. The van der Waals surface area contributed by atoms with Gasteiger partial charge in [-0.05, 0) is 134 Å². The van der Waals surface area contributed by atoms with Gasteiger partial charge in [-0.1, -0.05) is 170 Å². The second kappa shape index (κ2) is 14.1. The number of fused-ring (bicyclic) bond motifs is 11. The van der Waals surface area contributed by atoms with Gasteiger partial charge in [-0.15, -0.1) is 0 Å². The van der Waals surface area contributed by atoms with Crippen molar-refractivity contribution in [3.05, 3.63) is 264 Å². The Labute approximate surface area is 362 Å². The Kier molecular flexibility index (Phi) is 8.17. The number of hydrogen-bond donors (Lipinski definition) is 0. The van der Waals surface area contributed by atoms with Gasteiger partial charge in [-0.25, -0.2) is 0 Å². The summed E-state index contributed by atoms with van der Waals surface area (Å²) < 4.78 is 2.39. The van der Waals surface area contributed by atoms with Crippen LogP contribution in [0.1, 0.15) is 34.7 Å². The van der Waals surface area contributed by atoms with E-state index >= 15 is 0 Å². The van der Waals surface area contributed by atoms with E-state index in [9.17, 15) is 0 Å². The minimum atomic E-state index is -0.387. The molecular weight excluding hydrogens is 749 g/mol. The highest BCUT2D eigenvalue weighted by atomic mass is 15.1. The van der Waals surface area contributed by atoms with Gasteiger partial charge >= 0.3 is 0 Å². The van der Waals surface area contributed by atoms with Crippen molar-refractivity contribution in [1.82, 2.24) is 4.57 Å². The van der Waals surface area contributed by atoms with E-state index in [2.05, 4.69) is 241 Å². The first-order valence-electron chi connectivity index (χ1n) is 21.5. The van der Waals surface area contributed by atoms with E-state index in [1.807, 2.05) is 0 Å². The van der Waals surface area contributed by atoms with E-state index in [1.165, 1.54) is 77.1 Å². The Bertz CT molecular complexity index is 3440. The highest BCUT2D eigenvalue weighted by Crippen LogP contribution is 2.63. The largest absolute Gasteiger partial charge is 0.310 e. The molecule has 12 rings (SSSR count). The molecule has 1 heterocycles. The molecule has 9 aromatic carbocycles. The van der Waals surface area contributed by atoms with Gasteiger partial charge in [0, 0.05) is 33.5 Å². The van der Waals surface area contributed by atoms with Crippen molar-refractivity contribution in [2.45, 2.75) is 12.3 Å². The molecule has 0 saturated carbocycles. The fourth-order valence-electron chi connectivity index (χ4n) is 10.7. The maximum atomic E-state index is 4.73. The smallest absolute Gasteiger partial charge is 0.0722 e. The molecule has 0 unspecified atom stereocenters. The molecular formula is C60H42N2. The molecule has 2 heteroatoms. The van der Waals surface area contributed by atoms with E-state index in [0.717, 1.165) is 33.9 Å². The first kappa shape index (κ1) is 36.0. The number of nitrogens with zero attached hydrogens (tertiary/aromatic N) is 2. The van der Waals surface area contributed by atoms with Crippen LogP contribution in [0, 0.1) is 0 Å². The molecule has 1 aromatic heterocycles. The van der Waals surface area contributed by atoms with Gasteiger partial charge in [0.25, 0.3) is 0 Å². The summed E-state index contributed by atoms with van der Waals surface area (Å²) in [6, 6.07) is 77.5. The van der Waals surface area contributed by atoms with Gasteiger partial charge in [0.1, 0.15) is 0 Å². The van der Waals surface area contributed by atoms with E-state index in [-0.39, 0.29) is 5.41 Å². The molecule has 0 N–H and O–H groups in total. The SMILES string of the molecule is C=C(/C=C1\C(=C/C)C2(c3ccccc31)c1ccccc1-c1ccccc12)c1ccc(N(c2ccc3ccccc3c2)c2ccc3c4ccccc4n(-c4ccccc4)c3c2)cc1. The van der Waals surface area contributed by atoms with Gasteiger partial charge < -0.3 is 9.47 Å². The fraction of sp³-hybridized carbons (Fsp3) is 0.0333. The molecule has 0 fully saturated rings. The van der Waals surface area contributed by atoms with E-state index in [4.69, 9.17) is 6.58 Å². The Hall–Kier alpha value is -7.94. The number of aromatic nitrogens is 1. The van der Waals surface area contributed by atoms with Crippen molar-refractivity contribution in [2.24, 2.45) is 0 Å². The van der Waals surface area contributed by atoms with Crippen LogP contribution in [0.15, 0.2) is 237 Å². The van der Waals surface area contributed by atoms with Crippen molar-refractivity contribution in [3.63, 3.8) is 0 Å². The van der Waals surface area contributed by atoms with Crippen LogP contribution in [0.25, 0.3) is 60.5 Å². The van der Waals surface area contributed by atoms with E-state index in [1.54, 1.807) is 0 Å². The third-order valence-corrected chi connectivity index (χ3v) is 13.3. The fourth-order valence-corrected chi connectivity index (χ4v) is 10.7. The molecule has 0 atom stereocenters. The molecule has 2 aliphatic carbocycles. The molecule has 2 nitrogen and oxygen atoms in total. The zero-order valence-electron chi connectivity index (χ0n) is 34.5. The van der Waals surface area contributed by atoms with Crippen molar-refractivity contribution < 1.29 is 0 Å². The molecule has 62 heavy (non-hydrogen) atoms. The predicted octanol–water partition coefficient (Wildman–Crippen LogP) is 15.8. The second-order valence-corrected chi connectivity index (χ2v) is 16.5. The Morgan fingerprint density at radius 3 is 1.76 bits per heavy atom. The number of anilines is 3. The summed E-state index contributed by atoms with van der Waals surface area (Å²) in [5, 5.41) is 4.89. The molecule has 292 valence electrons. The van der Waals surface area contributed by atoms with Crippen molar-refractivity contribution >= 4 is 60.8 Å². The molecule has 2 aliphatic rings. The van der Waals surface area contributed by atoms with E-state index in [0.29, 0.717) is 0 Å². The minimum absolute atomic E-state index is 0.387. The highest BCUT2D eigenvalue weighted by molar-refractivity contribution is 6.10. The van der Waals surface area contributed by atoms with Gasteiger partial charge in [0.05, 0.1) is 16.4 Å². The quantitative estimate of drug-likeness (QED) is 0.163. The van der Waals surface area contributed by atoms with Gasteiger partial charge in [-0.2, -0.15) is 0 Å². The summed E-state index contributed by atoms with van der Waals surface area (Å²) in [5.41, 5.74) is 18.9. The van der Waals surface area contributed by atoms with Crippen LogP contribution < -0.4 is 4.90 Å². The number of hydrogen-bond acceptors (Lipinski definition) is 1. The van der Waals surface area contributed by atoms with Crippen molar-refractivity contribution in [1.29, 1.82) is 0 Å². The first-order chi connectivity index (χ1) is 30.6. The van der Waals surface area contributed by atoms with Crippen molar-refractivity contribution in [3.8, 4) is 16.8 Å². The van der Waals surface area contributed by atoms with Gasteiger partial charge in [0.2, 0.25) is 0 Å². The second-order valence-electron chi connectivity index (χ2n) is 16.5. The Morgan fingerprint density at radius 1 is 0.484 bits per heavy atom. The number of allylic oxidation sites excluding steroid dienone is 5. The maximum Gasteiger partial charge on any atom is 0.0722 e. The van der Waals surface area contributed by atoms with E-state index < -0.39 is 0 Å². The average molecular weight is 791 g/mol. The number of para-hydroxylation sites is 2. The van der Waals surface area contributed by atoms with Gasteiger partial charge in [-0.3, -0.25) is 0 Å². The molecule has 1 spiro atoms. The number of benzene rings is 9. The summed E-state index contributed by atoms with van der Waals surface area (Å²) in [6.07, 6.45) is 4.65. The molecule has 0 amide bonds. The lowest BCUT2D eigenvalue weighted by molar-refractivity contribution is 0.793. The van der Waals surface area contributed by atoms with Crippen LogP contribution in [-0.4, -0.2) is 4.57 Å². The molecule has 0 bridgehead atoms. The number of rotatable bonds is 6. The van der Waals surface area contributed by atoms with Crippen molar-refractivity contribution in [2.75, 3.05) is 4.90 Å². The first-order valence-corrected chi connectivity index (χ1v) is 21.5. The maximum absolute atomic E-state index is 4.73.